The normalized spacial score (nSPS) is 17.4. The molecular weight excluding hydrogens is 345 g/mol. The highest BCUT2D eigenvalue weighted by atomic mass is 32.2. The Morgan fingerprint density at radius 3 is 2.80 bits per heavy atom. The molecule has 0 radical (unpaired) electrons. The number of amides is 1. The minimum atomic E-state index is -1.90. The van der Waals surface area contributed by atoms with Crippen LogP contribution in [0.15, 0.2) is 24.3 Å². The van der Waals surface area contributed by atoms with Crippen molar-refractivity contribution < 1.29 is 18.5 Å². The molecule has 134 valence electrons. The van der Waals surface area contributed by atoms with Gasteiger partial charge in [0.25, 0.3) is 5.91 Å². The van der Waals surface area contributed by atoms with Gasteiger partial charge in [0.1, 0.15) is 18.0 Å². The monoisotopic (exact) mass is 365 g/mol. The summed E-state index contributed by atoms with van der Waals surface area (Å²) in [7, 11) is 0. The first-order chi connectivity index (χ1) is 11.9. The standard InChI is InChI=1S/C17H20FN3O3S/c1-10(2)5-6-19-12-4-3-11-7-14(22)17(16(18)13(11)8-12)21-9-15(23)20-25(21)24/h3-4,7-8,10,19,22H,5-6,9H2,1-2H3,(H,20,23). The van der Waals surface area contributed by atoms with Crippen molar-refractivity contribution >= 4 is 39.2 Å². The fraction of sp³-hybridized carbons (Fsp3) is 0.353. The van der Waals surface area contributed by atoms with Crippen molar-refractivity contribution in [2.45, 2.75) is 20.3 Å². The second kappa shape index (κ2) is 6.87. The van der Waals surface area contributed by atoms with Gasteiger partial charge >= 0.3 is 0 Å². The van der Waals surface area contributed by atoms with Crippen LogP contribution in [-0.4, -0.2) is 28.3 Å². The molecule has 8 heteroatoms. The van der Waals surface area contributed by atoms with Crippen LogP contribution in [0.3, 0.4) is 0 Å². The number of phenols is 1. The molecule has 2 aromatic rings. The van der Waals surface area contributed by atoms with E-state index in [0.29, 0.717) is 16.7 Å². The van der Waals surface area contributed by atoms with Gasteiger partial charge in [-0.1, -0.05) is 19.9 Å². The lowest BCUT2D eigenvalue weighted by atomic mass is 10.1. The molecule has 0 spiro atoms. The van der Waals surface area contributed by atoms with Gasteiger partial charge in [-0.25, -0.2) is 8.60 Å². The summed E-state index contributed by atoms with van der Waals surface area (Å²) < 4.78 is 30.1. The number of nitrogens with zero attached hydrogens (tertiary/aromatic N) is 1. The Hall–Kier alpha value is -2.35. The summed E-state index contributed by atoms with van der Waals surface area (Å²) in [4.78, 5) is 11.4. The molecule has 0 aliphatic carbocycles. The zero-order chi connectivity index (χ0) is 18.1. The number of hydrogen-bond donors (Lipinski definition) is 3. The van der Waals surface area contributed by atoms with Crippen LogP contribution < -0.4 is 14.3 Å². The van der Waals surface area contributed by atoms with Crippen molar-refractivity contribution in [2.24, 2.45) is 5.92 Å². The van der Waals surface area contributed by atoms with Gasteiger partial charge in [-0.3, -0.25) is 13.8 Å². The molecule has 1 amide bonds. The zero-order valence-corrected chi connectivity index (χ0v) is 14.8. The molecule has 1 fully saturated rings. The van der Waals surface area contributed by atoms with E-state index < -0.39 is 22.9 Å². The van der Waals surface area contributed by atoms with Gasteiger partial charge in [0.15, 0.2) is 5.82 Å². The van der Waals surface area contributed by atoms with Gasteiger partial charge in [-0.2, -0.15) is 0 Å². The predicted octanol–water partition coefficient (Wildman–Crippen LogP) is 2.66. The van der Waals surface area contributed by atoms with Crippen molar-refractivity contribution in [3.05, 3.63) is 30.1 Å². The maximum Gasteiger partial charge on any atom is 0.253 e. The number of nitrogens with one attached hydrogen (secondary N) is 2. The van der Waals surface area contributed by atoms with Crippen LogP contribution in [0.25, 0.3) is 10.8 Å². The van der Waals surface area contributed by atoms with Gasteiger partial charge in [0.2, 0.25) is 11.2 Å². The highest BCUT2D eigenvalue weighted by Gasteiger charge is 2.32. The molecule has 1 aliphatic rings. The minimum absolute atomic E-state index is 0.233. The summed E-state index contributed by atoms with van der Waals surface area (Å²) in [5.74, 6) is -0.979. The van der Waals surface area contributed by atoms with Crippen molar-refractivity contribution in [3.63, 3.8) is 0 Å². The largest absolute Gasteiger partial charge is 0.506 e. The number of hydrogen-bond acceptors (Lipinski definition) is 4. The van der Waals surface area contributed by atoms with Crippen LogP contribution in [0.4, 0.5) is 15.8 Å². The smallest absolute Gasteiger partial charge is 0.253 e. The number of benzene rings is 2. The molecule has 6 nitrogen and oxygen atoms in total. The average molecular weight is 365 g/mol. The average Bonchev–Trinajstić information content (AvgIpc) is 2.86. The van der Waals surface area contributed by atoms with E-state index in [1.54, 1.807) is 12.1 Å². The molecule has 1 heterocycles. The van der Waals surface area contributed by atoms with Crippen LogP contribution in [0, 0.1) is 11.7 Å². The third kappa shape index (κ3) is 3.53. The van der Waals surface area contributed by atoms with Crippen molar-refractivity contribution in [1.29, 1.82) is 0 Å². The van der Waals surface area contributed by atoms with Crippen LogP contribution in [0.1, 0.15) is 20.3 Å². The van der Waals surface area contributed by atoms with E-state index in [1.165, 1.54) is 6.07 Å². The van der Waals surface area contributed by atoms with E-state index >= 15 is 4.39 Å². The molecule has 2 aromatic carbocycles. The molecule has 3 N–H and O–H groups in total. The Bertz CT molecular complexity index is 857. The molecule has 0 aromatic heterocycles. The fourth-order valence-electron chi connectivity index (χ4n) is 2.72. The lowest BCUT2D eigenvalue weighted by Gasteiger charge is -2.18. The van der Waals surface area contributed by atoms with E-state index in [1.807, 2.05) is 6.07 Å². The molecule has 0 bridgehead atoms. The Morgan fingerprint density at radius 2 is 2.16 bits per heavy atom. The number of carbonyl (C=O) groups is 1. The number of aromatic hydroxyl groups is 1. The quantitative estimate of drug-likeness (QED) is 0.761. The molecular formula is C17H20FN3O3S. The third-order valence-electron chi connectivity index (χ3n) is 4.02. The first-order valence-electron chi connectivity index (χ1n) is 8.05. The minimum Gasteiger partial charge on any atom is -0.506 e. The topological polar surface area (TPSA) is 81.7 Å². The summed E-state index contributed by atoms with van der Waals surface area (Å²) in [6.07, 6.45) is 0.988. The van der Waals surface area contributed by atoms with Crippen LogP contribution in [0.2, 0.25) is 0 Å². The van der Waals surface area contributed by atoms with Gasteiger partial charge in [-0.15, -0.1) is 0 Å². The fourth-order valence-corrected chi connectivity index (χ4v) is 3.66. The van der Waals surface area contributed by atoms with E-state index in [4.69, 9.17) is 0 Å². The van der Waals surface area contributed by atoms with Crippen molar-refractivity contribution in [3.8, 4) is 5.75 Å². The number of fused-ring (bicyclic) bond motifs is 1. The maximum atomic E-state index is 15.0. The highest BCUT2D eigenvalue weighted by Crippen LogP contribution is 2.38. The number of anilines is 2. The Morgan fingerprint density at radius 1 is 1.40 bits per heavy atom. The van der Waals surface area contributed by atoms with Crippen LogP contribution >= 0.6 is 0 Å². The molecule has 1 aliphatic heterocycles. The third-order valence-corrected chi connectivity index (χ3v) is 5.14. The van der Waals surface area contributed by atoms with Gasteiger partial charge in [0.05, 0.1) is 0 Å². The molecule has 3 rings (SSSR count). The lowest BCUT2D eigenvalue weighted by molar-refractivity contribution is -0.117. The summed E-state index contributed by atoms with van der Waals surface area (Å²) in [6, 6.07) is 6.60. The highest BCUT2D eigenvalue weighted by molar-refractivity contribution is 7.85. The molecule has 0 saturated carbocycles. The maximum absolute atomic E-state index is 15.0. The number of rotatable bonds is 5. The predicted molar refractivity (Wildman–Crippen MR) is 97.1 cm³/mol. The number of phenolic OH excluding ortho intramolecular Hbond substituents is 1. The second-order valence-corrected chi connectivity index (χ2v) is 7.56. The van der Waals surface area contributed by atoms with E-state index in [2.05, 4.69) is 23.9 Å². The summed E-state index contributed by atoms with van der Waals surface area (Å²) >= 11 is -1.90. The Labute approximate surface area is 147 Å². The zero-order valence-electron chi connectivity index (χ0n) is 14.0. The summed E-state index contributed by atoms with van der Waals surface area (Å²) in [5, 5.41) is 14.2. The van der Waals surface area contributed by atoms with E-state index in [0.717, 1.165) is 23.0 Å². The van der Waals surface area contributed by atoms with Gasteiger partial charge in [0, 0.05) is 17.6 Å². The van der Waals surface area contributed by atoms with Gasteiger partial charge in [-0.05, 0) is 35.9 Å². The lowest BCUT2D eigenvalue weighted by Crippen LogP contribution is -2.23. The van der Waals surface area contributed by atoms with Crippen molar-refractivity contribution in [2.75, 3.05) is 22.7 Å². The number of halogens is 1. The molecule has 1 atom stereocenters. The summed E-state index contributed by atoms with van der Waals surface area (Å²) in [5.41, 5.74) is 0.531. The van der Waals surface area contributed by atoms with Gasteiger partial charge < -0.3 is 10.4 Å². The molecule has 1 saturated heterocycles. The molecule has 25 heavy (non-hydrogen) atoms. The van der Waals surface area contributed by atoms with Crippen molar-refractivity contribution in [1.82, 2.24) is 4.72 Å². The second-order valence-electron chi connectivity index (χ2n) is 6.41. The molecule has 1 unspecified atom stereocenters. The van der Waals surface area contributed by atoms with Crippen LogP contribution in [0.5, 0.6) is 5.75 Å². The van der Waals surface area contributed by atoms with Crippen LogP contribution in [-0.2, 0) is 16.0 Å². The first-order valence-corrected chi connectivity index (χ1v) is 9.15. The van der Waals surface area contributed by atoms with E-state index in [-0.39, 0.29) is 18.0 Å². The summed E-state index contributed by atoms with van der Waals surface area (Å²) in [6.45, 7) is 4.75. The number of carbonyl (C=O) groups excluding carboxylic acids is 1. The van der Waals surface area contributed by atoms with E-state index in [9.17, 15) is 14.1 Å². The Kier molecular flexibility index (Phi) is 4.80. The first kappa shape index (κ1) is 17.5. The SMILES string of the molecule is CC(C)CCNc1ccc2cc(O)c(N3CC(=O)NS3=O)c(F)c2c1. The Balaban J connectivity index is 1.98.